The first-order chi connectivity index (χ1) is 18.0. The molecule has 5 aromatic rings. The van der Waals surface area contributed by atoms with Crippen molar-refractivity contribution in [3.63, 3.8) is 0 Å². The lowest BCUT2D eigenvalue weighted by molar-refractivity contribution is 0.576. The number of aromatic nitrogens is 1. The minimum atomic E-state index is -4.00. The zero-order chi connectivity index (χ0) is 27.5. The van der Waals surface area contributed by atoms with Gasteiger partial charge < -0.3 is 0 Å². The Kier molecular flexibility index (Phi) is 7.85. The highest BCUT2D eigenvalue weighted by Gasteiger charge is 2.27. The molecule has 0 amide bonds. The van der Waals surface area contributed by atoms with Crippen LogP contribution in [0.15, 0.2) is 119 Å². The molecule has 0 aliphatic carbocycles. The summed E-state index contributed by atoms with van der Waals surface area (Å²) in [5, 5.41) is 0.319. The zero-order valence-corrected chi connectivity index (χ0v) is 22.9. The van der Waals surface area contributed by atoms with E-state index in [1.54, 1.807) is 54.6 Å². The second-order valence-corrected chi connectivity index (χ2v) is 12.9. The summed E-state index contributed by atoms with van der Waals surface area (Å²) in [6, 6.07) is 30.8. The average Bonchev–Trinajstić information content (AvgIpc) is 3.32. The minimum absolute atomic E-state index is 0.0428. The molecule has 0 spiro atoms. The van der Waals surface area contributed by atoms with Crippen LogP contribution in [0.3, 0.4) is 0 Å². The summed E-state index contributed by atoms with van der Waals surface area (Å²) in [6.45, 7) is 4.35. The first-order valence-electron chi connectivity index (χ1n) is 12.0. The number of rotatable bonds is 5. The molecule has 5 nitrogen and oxygen atoms in total. The van der Waals surface area contributed by atoms with E-state index in [-0.39, 0.29) is 15.7 Å². The van der Waals surface area contributed by atoms with E-state index < -0.39 is 19.9 Å². The first kappa shape index (κ1) is 27.3. The number of halogens is 1. The third kappa shape index (κ3) is 5.87. The fourth-order valence-electron chi connectivity index (χ4n) is 4.01. The van der Waals surface area contributed by atoms with Gasteiger partial charge in [0.2, 0.25) is 0 Å². The van der Waals surface area contributed by atoms with Crippen LogP contribution in [0.25, 0.3) is 22.0 Å². The quantitative estimate of drug-likeness (QED) is 0.239. The van der Waals surface area contributed by atoms with Gasteiger partial charge in [-0.25, -0.2) is 25.2 Å². The standard InChI is InChI=1S/C15H15F.C15H13NO4S2/c1-11(2)12-3-5-13(6-4-12)14-7-9-15(16)10-8-14;1-21(17,18)15-11-12-7-5-6-10-14(12)16(15)22(19,20)13-8-3-2-4-9-13/h3-11H,1-2H3;2-11H,1H3. The van der Waals surface area contributed by atoms with Crippen LogP contribution in [-0.2, 0) is 19.9 Å². The summed E-state index contributed by atoms with van der Waals surface area (Å²) in [6.07, 6.45) is 0.998. The van der Waals surface area contributed by atoms with Gasteiger partial charge in [0.1, 0.15) is 10.8 Å². The highest BCUT2D eigenvalue weighted by Crippen LogP contribution is 2.28. The van der Waals surface area contributed by atoms with E-state index in [0.717, 1.165) is 21.4 Å². The maximum absolute atomic E-state index is 12.9. The number of hydrogen-bond acceptors (Lipinski definition) is 4. The molecule has 1 aromatic heterocycles. The molecule has 0 saturated heterocycles. The van der Waals surface area contributed by atoms with E-state index in [0.29, 0.717) is 16.8 Å². The Morgan fingerprint density at radius 2 is 1.21 bits per heavy atom. The number of sulfone groups is 1. The van der Waals surface area contributed by atoms with Crippen LogP contribution >= 0.6 is 0 Å². The lowest BCUT2D eigenvalue weighted by atomic mass is 9.99. The Morgan fingerprint density at radius 3 is 1.76 bits per heavy atom. The second-order valence-electron chi connectivity index (χ2n) is 9.18. The number of para-hydroxylation sites is 1. The smallest absolute Gasteiger partial charge is 0.223 e. The Balaban J connectivity index is 0.000000186. The molecule has 0 radical (unpaired) electrons. The molecule has 0 unspecified atom stereocenters. The molecule has 196 valence electrons. The molecule has 5 rings (SSSR count). The molecule has 1 heterocycles. The number of nitrogens with zero attached hydrogens (tertiary/aromatic N) is 1. The van der Waals surface area contributed by atoms with Crippen molar-refractivity contribution in [2.45, 2.75) is 29.7 Å². The molecule has 8 heteroatoms. The van der Waals surface area contributed by atoms with Gasteiger partial charge in [0.15, 0.2) is 9.84 Å². The summed E-state index contributed by atoms with van der Waals surface area (Å²) < 4.78 is 63.5. The Hall–Kier alpha value is -3.75. The van der Waals surface area contributed by atoms with Crippen molar-refractivity contribution >= 4 is 30.8 Å². The summed E-state index contributed by atoms with van der Waals surface area (Å²) in [5.74, 6) is 0.352. The zero-order valence-electron chi connectivity index (χ0n) is 21.2. The van der Waals surface area contributed by atoms with Crippen LogP contribution in [0.2, 0.25) is 0 Å². The van der Waals surface area contributed by atoms with E-state index >= 15 is 0 Å². The van der Waals surface area contributed by atoms with Crippen molar-refractivity contribution in [3.8, 4) is 11.1 Å². The van der Waals surface area contributed by atoms with Gasteiger partial charge in [-0.1, -0.05) is 86.6 Å². The van der Waals surface area contributed by atoms with E-state index in [9.17, 15) is 21.2 Å². The topological polar surface area (TPSA) is 73.2 Å². The van der Waals surface area contributed by atoms with Crippen molar-refractivity contribution in [3.05, 3.63) is 121 Å². The molecule has 0 aliphatic heterocycles. The molecular weight excluding hydrogens is 521 g/mol. The Morgan fingerprint density at radius 1 is 0.684 bits per heavy atom. The summed E-state index contributed by atoms with van der Waals surface area (Å²) in [7, 11) is -7.70. The predicted octanol–water partition coefficient (Wildman–Crippen LogP) is 6.90. The molecule has 38 heavy (non-hydrogen) atoms. The van der Waals surface area contributed by atoms with Gasteiger partial charge >= 0.3 is 0 Å². The van der Waals surface area contributed by atoms with Crippen LogP contribution in [0.4, 0.5) is 4.39 Å². The number of hydrogen-bond donors (Lipinski definition) is 0. The van der Waals surface area contributed by atoms with Crippen LogP contribution in [0.5, 0.6) is 0 Å². The van der Waals surface area contributed by atoms with Crippen molar-refractivity contribution in [2.75, 3.05) is 6.26 Å². The van der Waals surface area contributed by atoms with Crippen molar-refractivity contribution in [2.24, 2.45) is 0 Å². The van der Waals surface area contributed by atoms with E-state index in [1.165, 1.54) is 35.9 Å². The second kappa shape index (κ2) is 10.9. The third-order valence-electron chi connectivity index (χ3n) is 6.05. The maximum atomic E-state index is 12.9. The lowest BCUT2D eigenvalue weighted by Gasteiger charge is -2.10. The van der Waals surface area contributed by atoms with Crippen molar-refractivity contribution in [1.82, 2.24) is 3.97 Å². The summed E-state index contributed by atoms with van der Waals surface area (Å²) >= 11 is 0. The monoisotopic (exact) mass is 549 g/mol. The predicted molar refractivity (Wildman–Crippen MR) is 150 cm³/mol. The highest BCUT2D eigenvalue weighted by molar-refractivity contribution is 7.93. The van der Waals surface area contributed by atoms with E-state index in [2.05, 4.69) is 38.1 Å². The number of benzene rings is 4. The van der Waals surface area contributed by atoms with E-state index in [1.807, 2.05) is 0 Å². The maximum Gasteiger partial charge on any atom is 0.269 e. The highest BCUT2D eigenvalue weighted by atomic mass is 32.2. The lowest BCUT2D eigenvalue weighted by Crippen LogP contribution is -2.17. The first-order valence-corrected chi connectivity index (χ1v) is 15.3. The van der Waals surface area contributed by atoms with Crippen LogP contribution in [0, 0.1) is 5.82 Å². The normalized spacial score (nSPS) is 11.8. The third-order valence-corrected chi connectivity index (χ3v) is 8.97. The molecule has 0 saturated carbocycles. The van der Waals surface area contributed by atoms with Crippen molar-refractivity contribution in [1.29, 1.82) is 0 Å². The minimum Gasteiger partial charge on any atom is -0.223 e. The molecule has 0 N–H and O–H groups in total. The summed E-state index contributed by atoms with van der Waals surface area (Å²) in [5.41, 5.74) is 3.85. The fraction of sp³-hybridized carbons (Fsp3) is 0.133. The van der Waals surface area contributed by atoms with Crippen LogP contribution in [-0.4, -0.2) is 27.1 Å². The van der Waals surface area contributed by atoms with Crippen LogP contribution < -0.4 is 0 Å². The van der Waals surface area contributed by atoms with Gasteiger partial charge in [-0.05, 0) is 59.0 Å². The van der Waals surface area contributed by atoms with Crippen LogP contribution in [0.1, 0.15) is 25.3 Å². The van der Waals surface area contributed by atoms with Gasteiger partial charge in [0.05, 0.1) is 10.4 Å². The molecule has 0 aliphatic rings. The molecule has 0 atom stereocenters. The molecule has 0 fully saturated rings. The van der Waals surface area contributed by atoms with Gasteiger partial charge in [0, 0.05) is 11.6 Å². The molecule has 4 aromatic carbocycles. The van der Waals surface area contributed by atoms with Gasteiger partial charge in [0.25, 0.3) is 10.0 Å². The van der Waals surface area contributed by atoms with Gasteiger partial charge in [-0.3, -0.25) is 0 Å². The Bertz CT molecular complexity index is 1760. The fourth-order valence-corrected chi connectivity index (χ4v) is 6.88. The van der Waals surface area contributed by atoms with Gasteiger partial charge in [-0.2, -0.15) is 0 Å². The van der Waals surface area contributed by atoms with Crippen molar-refractivity contribution < 1.29 is 21.2 Å². The molecule has 0 bridgehead atoms. The summed E-state index contributed by atoms with van der Waals surface area (Å²) in [4.78, 5) is 0.0428. The molecular formula is C30H28FNO4S2. The van der Waals surface area contributed by atoms with E-state index in [4.69, 9.17) is 0 Å². The number of fused-ring (bicyclic) bond motifs is 1. The average molecular weight is 550 g/mol. The Labute approximate surface area is 223 Å². The van der Waals surface area contributed by atoms with Gasteiger partial charge in [-0.15, -0.1) is 0 Å². The SMILES string of the molecule is CC(C)c1ccc(-c2ccc(F)cc2)cc1.CS(=O)(=O)c1cc2ccccc2n1S(=O)(=O)c1ccccc1. The largest absolute Gasteiger partial charge is 0.269 e.